The van der Waals surface area contributed by atoms with E-state index < -0.39 is 5.97 Å². The number of aromatic carboxylic acids is 1. The molecule has 4 rings (SSSR count). The van der Waals surface area contributed by atoms with Gasteiger partial charge in [-0.3, -0.25) is 9.36 Å². The SMILES string of the molecule is Cn1c(SCc2ccc(C(=O)[O-])cc2)nc2sc3c(c2c1=O)CCCC3. The molecule has 0 fully saturated rings. The number of thioether (sulfide) groups is 1. The Labute approximate surface area is 158 Å². The summed E-state index contributed by atoms with van der Waals surface area (Å²) in [5.74, 6) is -0.565. The predicted molar refractivity (Wildman–Crippen MR) is 102 cm³/mol. The maximum atomic E-state index is 12.9. The highest BCUT2D eigenvalue weighted by Gasteiger charge is 2.21. The minimum absolute atomic E-state index is 0.0317. The second kappa shape index (κ2) is 6.89. The van der Waals surface area contributed by atoms with E-state index in [4.69, 9.17) is 4.98 Å². The Morgan fingerprint density at radius 3 is 2.73 bits per heavy atom. The van der Waals surface area contributed by atoms with Crippen molar-refractivity contribution in [3.8, 4) is 0 Å². The molecule has 3 aromatic rings. The van der Waals surface area contributed by atoms with Crippen LogP contribution in [0.2, 0.25) is 0 Å². The number of carboxylic acid groups (broad SMARTS) is 1. The van der Waals surface area contributed by atoms with E-state index in [9.17, 15) is 14.7 Å². The smallest absolute Gasteiger partial charge is 0.262 e. The van der Waals surface area contributed by atoms with Crippen molar-refractivity contribution in [3.05, 3.63) is 56.2 Å². The number of fused-ring (bicyclic) bond motifs is 3. The fourth-order valence-corrected chi connectivity index (χ4v) is 5.51. The quantitative estimate of drug-likeness (QED) is 0.510. The lowest BCUT2D eigenvalue weighted by Gasteiger charge is -2.11. The van der Waals surface area contributed by atoms with E-state index in [1.54, 1.807) is 35.1 Å². The molecule has 0 N–H and O–H groups in total. The van der Waals surface area contributed by atoms with Crippen molar-refractivity contribution in [1.82, 2.24) is 9.55 Å². The zero-order chi connectivity index (χ0) is 18.3. The molecule has 0 bridgehead atoms. The van der Waals surface area contributed by atoms with Crippen molar-refractivity contribution in [1.29, 1.82) is 0 Å². The molecule has 0 spiro atoms. The lowest BCUT2D eigenvalue weighted by atomic mass is 9.97. The van der Waals surface area contributed by atoms with Crippen molar-refractivity contribution in [3.63, 3.8) is 0 Å². The summed E-state index contributed by atoms with van der Waals surface area (Å²) in [7, 11) is 1.77. The minimum Gasteiger partial charge on any atom is -0.545 e. The zero-order valence-electron chi connectivity index (χ0n) is 14.3. The summed E-state index contributed by atoms with van der Waals surface area (Å²) in [6.45, 7) is 0. The second-order valence-corrected chi connectivity index (χ2v) is 8.45. The van der Waals surface area contributed by atoms with Gasteiger partial charge in [0.15, 0.2) is 5.16 Å². The maximum absolute atomic E-state index is 12.9. The molecule has 0 aliphatic heterocycles. The van der Waals surface area contributed by atoms with Crippen molar-refractivity contribution < 1.29 is 9.90 Å². The third-order valence-electron chi connectivity index (χ3n) is 4.71. The van der Waals surface area contributed by atoms with Gasteiger partial charge in [0, 0.05) is 17.7 Å². The number of carbonyl (C=O) groups is 1. The van der Waals surface area contributed by atoms with Gasteiger partial charge in [0.25, 0.3) is 5.56 Å². The normalized spacial score (nSPS) is 13.7. The van der Waals surface area contributed by atoms with Gasteiger partial charge in [-0.15, -0.1) is 11.3 Å². The lowest BCUT2D eigenvalue weighted by molar-refractivity contribution is -0.255. The van der Waals surface area contributed by atoms with Crippen molar-refractivity contribution in [2.75, 3.05) is 0 Å². The first-order valence-corrected chi connectivity index (χ1v) is 10.3. The van der Waals surface area contributed by atoms with E-state index in [2.05, 4.69) is 0 Å². The number of aromatic nitrogens is 2. The summed E-state index contributed by atoms with van der Waals surface area (Å²) in [6, 6.07) is 6.60. The fraction of sp³-hybridized carbons (Fsp3) is 0.316. The Kier molecular flexibility index (Phi) is 4.58. The number of nitrogens with zero attached hydrogens (tertiary/aromatic N) is 2. The monoisotopic (exact) mass is 385 g/mol. The van der Waals surface area contributed by atoms with Gasteiger partial charge in [0.1, 0.15) is 4.83 Å². The molecular weight excluding hydrogens is 368 g/mol. The molecule has 7 heteroatoms. The Bertz CT molecular complexity index is 1050. The molecule has 134 valence electrons. The summed E-state index contributed by atoms with van der Waals surface area (Å²) < 4.78 is 1.63. The van der Waals surface area contributed by atoms with E-state index in [1.165, 1.54) is 40.8 Å². The molecule has 1 aromatic carbocycles. The van der Waals surface area contributed by atoms with E-state index >= 15 is 0 Å². The van der Waals surface area contributed by atoms with Gasteiger partial charge in [0.2, 0.25) is 0 Å². The molecule has 2 heterocycles. The van der Waals surface area contributed by atoms with Crippen molar-refractivity contribution in [2.45, 2.75) is 36.6 Å². The third kappa shape index (κ3) is 3.05. The molecule has 26 heavy (non-hydrogen) atoms. The Morgan fingerprint density at radius 1 is 1.27 bits per heavy atom. The van der Waals surface area contributed by atoms with Crippen LogP contribution in [-0.2, 0) is 25.6 Å². The summed E-state index contributed by atoms with van der Waals surface area (Å²) in [5, 5.41) is 12.3. The third-order valence-corrected chi connectivity index (χ3v) is 7.00. The fourth-order valence-electron chi connectivity index (χ4n) is 3.28. The predicted octanol–water partition coefficient (Wildman–Crippen LogP) is 2.53. The lowest BCUT2D eigenvalue weighted by Crippen LogP contribution is -2.22. The molecular formula is C19H17N2O3S2-. The summed E-state index contributed by atoms with van der Waals surface area (Å²) >= 11 is 3.14. The first kappa shape index (κ1) is 17.3. The molecule has 0 amide bonds. The van der Waals surface area contributed by atoms with Crippen LogP contribution in [0.15, 0.2) is 34.2 Å². The molecule has 0 radical (unpaired) electrons. The van der Waals surface area contributed by atoms with E-state index in [0.29, 0.717) is 10.9 Å². The topological polar surface area (TPSA) is 75.0 Å². The van der Waals surface area contributed by atoms with Gasteiger partial charge in [-0.05, 0) is 42.4 Å². The minimum atomic E-state index is -1.18. The van der Waals surface area contributed by atoms with Crippen molar-refractivity contribution >= 4 is 39.3 Å². The summed E-state index contributed by atoms with van der Waals surface area (Å²) in [6.07, 6.45) is 4.35. The van der Waals surface area contributed by atoms with Crippen LogP contribution in [0.3, 0.4) is 0 Å². The number of aryl methyl sites for hydroxylation is 2. The summed E-state index contributed by atoms with van der Waals surface area (Å²) in [4.78, 5) is 30.6. The number of carboxylic acids is 1. The molecule has 5 nitrogen and oxygen atoms in total. The van der Waals surface area contributed by atoms with Crippen molar-refractivity contribution in [2.24, 2.45) is 7.05 Å². The number of carbonyl (C=O) groups excluding carboxylic acids is 1. The van der Waals surface area contributed by atoms with E-state index in [-0.39, 0.29) is 11.1 Å². The van der Waals surface area contributed by atoms with Crippen LogP contribution >= 0.6 is 23.1 Å². The van der Waals surface area contributed by atoms with Crippen LogP contribution in [0.5, 0.6) is 0 Å². The second-order valence-electron chi connectivity index (χ2n) is 6.42. The molecule has 0 saturated heterocycles. The highest BCUT2D eigenvalue weighted by molar-refractivity contribution is 7.98. The largest absolute Gasteiger partial charge is 0.545 e. The van der Waals surface area contributed by atoms with Gasteiger partial charge in [0.05, 0.1) is 11.4 Å². The highest BCUT2D eigenvalue weighted by atomic mass is 32.2. The molecule has 1 aliphatic carbocycles. The Morgan fingerprint density at radius 2 is 2.00 bits per heavy atom. The number of thiophene rings is 1. The molecule has 1 aliphatic rings. The molecule has 0 saturated carbocycles. The van der Waals surface area contributed by atoms with Crippen LogP contribution < -0.4 is 10.7 Å². The average molecular weight is 385 g/mol. The van der Waals surface area contributed by atoms with E-state index in [1.807, 2.05) is 0 Å². The van der Waals surface area contributed by atoms with Gasteiger partial charge < -0.3 is 9.90 Å². The highest BCUT2D eigenvalue weighted by Crippen LogP contribution is 2.34. The first-order valence-electron chi connectivity index (χ1n) is 8.49. The number of hydrogen-bond donors (Lipinski definition) is 0. The van der Waals surface area contributed by atoms with Gasteiger partial charge >= 0.3 is 0 Å². The summed E-state index contributed by atoms with van der Waals surface area (Å²) in [5.41, 5.74) is 2.37. The van der Waals surface area contributed by atoms with Gasteiger partial charge in [-0.25, -0.2) is 4.98 Å². The van der Waals surface area contributed by atoms with Crippen LogP contribution in [0.25, 0.3) is 10.2 Å². The first-order chi connectivity index (χ1) is 12.5. The van der Waals surface area contributed by atoms with Crippen LogP contribution in [0.4, 0.5) is 0 Å². The van der Waals surface area contributed by atoms with Gasteiger partial charge in [-0.1, -0.05) is 36.0 Å². The van der Waals surface area contributed by atoms with E-state index in [0.717, 1.165) is 35.0 Å². The van der Waals surface area contributed by atoms with Crippen LogP contribution in [-0.4, -0.2) is 15.5 Å². The number of hydrogen-bond acceptors (Lipinski definition) is 6. The zero-order valence-corrected chi connectivity index (χ0v) is 15.9. The molecule has 0 atom stereocenters. The Balaban J connectivity index is 1.63. The number of rotatable bonds is 4. The molecule has 2 aromatic heterocycles. The standard InChI is InChI=1S/C19H18N2O3S2/c1-21-17(22)15-13-4-2-3-5-14(13)26-16(15)20-19(21)25-10-11-6-8-12(9-7-11)18(23)24/h6-9H,2-5,10H2,1H3,(H,23,24)/p-1. The number of benzene rings is 1. The Hall–Kier alpha value is -2.12. The average Bonchev–Trinajstić information content (AvgIpc) is 3.02. The molecule has 0 unspecified atom stereocenters. The van der Waals surface area contributed by atoms with Crippen LogP contribution in [0.1, 0.15) is 39.2 Å². The maximum Gasteiger partial charge on any atom is 0.262 e. The van der Waals surface area contributed by atoms with Gasteiger partial charge in [-0.2, -0.15) is 0 Å². The van der Waals surface area contributed by atoms with Crippen LogP contribution in [0, 0.1) is 0 Å².